The maximum absolute atomic E-state index is 5.40. The molecule has 0 aliphatic carbocycles. The number of anilines is 1. The van der Waals surface area contributed by atoms with E-state index in [1.807, 2.05) is 60.7 Å². The number of nitrogens with one attached hydrogen (secondary N) is 1. The molecule has 0 aliphatic rings. The second kappa shape index (κ2) is 5.41. The molecule has 0 unspecified atom stereocenters. The summed E-state index contributed by atoms with van der Waals surface area (Å²) in [5.74, 6) is 0. The van der Waals surface area contributed by atoms with Crippen LogP contribution in [0.15, 0.2) is 61.2 Å². The first-order valence-electron chi connectivity index (χ1n) is 5.39. The standard InChI is InChI=1S/C15H13NS/c1-2-12-8-6-7-11-14(12)15(17)16-13-9-4-3-5-10-13/h2-11H,1H2,(H,16,17). The Morgan fingerprint density at radius 1 is 1.00 bits per heavy atom. The second-order valence-electron chi connectivity index (χ2n) is 3.61. The van der Waals surface area contributed by atoms with Crippen molar-refractivity contribution >= 4 is 29.0 Å². The number of rotatable bonds is 3. The summed E-state index contributed by atoms with van der Waals surface area (Å²) in [5, 5.41) is 3.22. The van der Waals surface area contributed by atoms with E-state index >= 15 is 0 Å². The van der Waals surface area contributed by atoms with Crippen molar-refractivity contribution < 1.29 is 0 Å². The largest absolute Gasteiger partial charge is 0.346 e. The molecule has 2 aromatic rings. The van der Waals surface area contributed by atoms with E-state index in [0.29, 0.717) is 4.99 Å². The fourth-order valence-corrected chi connectivity index (χ4v) is 1.91. The van der Waals surface area contributed by atoms with Crippen LogP contribution in [0.3, 0.4) is 0 Å². The Balaban J connectivity index is 2.23. The normalized spacial score (nSPS) is 9.65. The van der Waals surface area contributed by atoms with Crippen LogP contribution in [-0.2, 0) is 0 Å². The zero-order valence-electron chi connectivity index (χ0n) is 9.39. The average molecular weight is 239 g/mol. The highest BCUT2D eigenvalue weighted by molar-refractivity contribution is 7.81. The van der Waals surface area contributed by atoms with Gasteiger partial charge in [0.2, 0.25) is 0 Å². The van der Waals surface area contributed by atoms with E-state index in [4.69, 9.17) is 12.2 Å². The maximum atomic E-state index is 5.40. The Hall–Kier alpha value is -1.93. The van der Waals surface area contributed by atoms with Crippen LogP contribution in [0.5, 0.6) is 0 Å². The van der Waals surface area contributed by atoms with Crippen LogP contribution in [0.1, 0.15) is 11.1 Å². The molecular weight excluding hydrogens is 226 g/mol. The van der Waals surface area contributed by atoms with Gasteiger partial charge in [0.1, 0.15) is 4.99 Å². The SMILES string of the molecule is C=Cc1ccccc1C(=S)Nc1ccccc1. The quantitative estimate of drug-likeness (QED) is 0.809. The first kappa shape index (κ1) is 11.6. The summed E-state index contributed by atoms with van der Waals surface area (Å²) in [6, 6.07) is 17.9. The summed E-state index contributed by atoms with van der Waals surface area (Å²) >= 11 is 5.40. The van der Waals surface area contributed by atoms with Gasteiger partial charge in [0.05, 0.1) is 0 Å². The Labute approximate surface area is 107 Å². The van der Waals surface area contributed by atoms with Crippen LogP contribution >= 0.6 is 12.2 Å². The van der Waals surface area contributed by atoms with Gasteiger partial charge in [0.15, 0.2) is 0 Å². The zero-order valence-corrected chi connectivity index (χ0v) is 10.2. The molecule has 0 radical (unpaired) electrons. The minimum Gasteiger partial charge on any atom is -0.346 e. The van der Waals surface area contributed by atoms with Crippen LogP contribution in [-0.4, -0.2) is 4.99 Å². The molecule has 1 N–H and O–H groups in total. The Morgan fingerprint density at radius 2 is 1.65 bits per heavy atom. The maximum Gasteiger partial charge on any atom is 0.111 e. The van der Waals surface area contributed by atoms with E-state index in [9.17, 15) is 0 Å². The predicted octanol–water partition coefficient (Wildman–Crippen LogP) is 4.12. The third-order valence-electron chi connectivity index (χ3n) is 2.46. The summed E-state index contributed by atoms with van der Waals surface area (Å²) in [5.41, 5.74) is 3.04. The topological polar surface area (TPSA) is 12.0 Å². The van der Waals surface area contributed by atoms with Crippen LogP contribution in [0.4, 0.5) is 5.69 Å². The van der Waals surface area contributed by atoms with Crippen molar-refractivity contribution in [1.82, 2.24) is 0 Å². The van der Waals surface area contributed by atoms with Crippen molar-refractivity contribution in [2.24, 2.45) is 0 Å². The number of para-hydroxylation sites is 1. The molecular formula is C15H13NS. The molecule has 0 aliphatic heterocycles. The van der Waals surface area contributed by atoms with Gasteiger partial charge in [-0.1, -0.05) is 67.3 Å². The Morgan fingerprint density at radius 3 is 2.35 bits per heavy atom. The smallest absolute Gasteiger partial charge is 0.111 e. The molecule has 0 amide bonds. The highest BCUT2D eigenvalue weighted by atomic mass is 32.1. The summed E-state index contributed by atoms with van der Waals surface area (Å²) < 4.78 is 0. The molecule has 0 atom stereocenters. The van der Waals surface area contributed by atoms with Gasteiger partial charge in [-0.25, -0.2) is 0 Å². The third kappa shape index (κ3) is 2.80. The number of hydrogen-bond acceptors (Lipinski definition) is 1. The van der Waals surface area contributed by atoms with Crippen molar-refractivity contribution in [3.05, 3.63) is 72.3 Å². The molecule has 0 spiro atoms. The molecule has 0 heterocycles. The lowest BCUT2D eigenvalue weighted by atomic mass is 10.1. The van der Waals surface area contributed by atoms with E-state index < -0.39 is 0 Å². The van der Waals surface area contributed by atoms with Gasteiger partial charge in [0, 0.05) is 11.3 Å². The second-order valence-corrected chi connectivity index (χ2v) is 4.02. The molecule has 0 fully saturated rings. The lowest BCUT2D eigenvalue weighted by Crippen LogP contribution is -2.11. The summed E-state index contributed by atoms with van der Waals surface area (Å²) in [7, 11) is 0. The molecule has 84 valence electrons. The van der Waals surface area contributed by atoms with E-state index in [2.05, 4.69) is 11.9 Å². The predicted molar refractivity (Wildman–Crippen MR) is 78.3 cm³/mol. The summed E-state index contributed by atoms with van der Waals surface area (Å²) in [6.07, 6.45) is 1.81. The fraction of sp³-hybridized carbons (Fsp3) is 0. The molecule has 2 rings (SSSR count). The Bertz CT molecular complexity index is 532. The molecule has 0 saturated carbocycles. The van der Waals surface area contributed by atoms with Crippen molar-refractivity contribution in [3.63, 3.8) is 0 Å². The summed E-state index contributed by atoms with van der Waals surface area (Å²) in [4.78, 5) is 0.715. The lowest BCUT2D eigenvalue weighted by Gasteiger charge is -2.10. The Kier molecular flexibility index (Phi) is 3.68. The molecule has 0 bridgehead atoms. The fourth-order valence-electron chi connectivity index (χ4n) is 1.60. The van der Waals surface area contributed by atoms with Crippen molar-refractivity contribution in [1.29, 1.82) is 0 Å². The van der Waals surface area contributed by atoms with Crippen LogP contribution in [0.25, 0.3) is 6.08 Å². The van der Waals surface area contributed by atoms with Crippen molar-refractivity contribution in [2.75, 3.05) is 5.32 Å². The number of benzene rings is 2. The highest BCUT2D eigenvalue weighted by Crippen LogP contribution is 2.14. The monoisotopic (exact) mass is 239 g/mol. The van der Waals surface area contributed by atoms with Gasteiger partial charge >= 0.3 is 0 Å². The van der Waals surface area contributed by atoms with E-state index in [-0.39, 0.29) is 0 Å². The minimum atomic E-state index is 0.715. The van der Waals surface area contributed by atoms with E-state index in [0.717, 1.165) is 16.8 Å². The molecule has 2 heteroatoms. The van der Waals surface area contributed by atoms with E-state index in [1.54, 1.807) is 0 Å². The molecule has 2 aromatic carbocycles. The first-order valence-corrected chi connectivity index (χ1v) is 5.80. The minimum absolute atomic E-state index is 0.715. The van der Waals surface area contributed by atoms with Crippen molar-refractivity contribution in [2.45, 2.75) is 0 Å². The average Bonchev–Trinajstić information content (AvgIpc) is 2.40. The number of hydrogen-bond donors (Lipinski definition) is 1. The van der Waals surface area contributed by atoms with Gasteiger partial charge in [-0.15, -0.1) is 0 Å². The van der Waals surface area contributed by atoms with Crippen LogP contribution < -0.4 is 5.32 Å². The third-order valence-corrected chi connectivity index (χ3v) is 2.78. The van der Waals surface area contributed by atoms with Crippen molar-refractivity contribution in [3.8, 4) is 0 Å². The molecule has 0 aromatic heterocycles. The molecule has 17 heavy (non-hydrogen) atoms. The highest BCUT2D eigenvalue weighted by Gasteiger charge is 2.04. The van der Waals surface area contributed by atoms with Crippen LogP contribution in [0, 0.1) is 0 Å². The van der Waals surface area contributed by atoms with Gasteiger partial charge in [0.25, 0.3) is 0 Å². The van der Waals surface area contributed by atoms with Crippen LogP contribution in [0.2, 0.25) is 0 Å². The molecule has 1 nitrogen and oxygen atoms in total. The van der Waals surface area contributed by atoms with E-state index in [1.165, 1.54) is 0 Å². The van der Waals surface area contributed by atoms with Gasteiger partial charge in [-0.05, 0) is 17.7 Å². The zero-order chi connectivity index (χ0) is 12.1. The van der Waals surface area contributed by atoms with Gasteiger partial charge in [-0.2, -0.15) is 0 Å². The van der Waals surface area contributed by atoms with Gasteiger partial charge < -0.3 is 5.32 Å². The first-order chi connectivity index (χ1) is 8.31. The lowest BCUT2D eigenvalue weighted by molar-refractivity contribution is 1.58. The molecule has 0 saturated heterocycles. The summed E-state index contributed by atoms with van der Waals surface area (Å²) in [6.45, 7) is 3.79. The van der Waals surface area contributed by atoms with Gasteiger partial charge in [-0.3, -0.25) is 0 Å². The number of thiocarbonyl (C=S) groups is 1.